The van der Waals surface area contributed by atoms with Crippen LogP contribution in [-0.4, -0.2) is 43.9 Å². The molecule has 2 heterocycles. The molecule has 1 aliphatic rings. The van der Waals surface area contributed by atoms with Crippen molar-refractivity contribution >= 4 is 29.3 Å². The summed E-state index contributed by atoms with van der Waals surface area (Å²) in [6.07, 6.45) is 1.50. The third-order valence-electron chi connectivity index (χ3n) is 3.85. The Morgan fingerprint density at radius 1 is 1.19 bits per heavy atom. The quantitative estimate of drug-likeness (QED) is 0.721. The molecule has 0 saturated carbocycles. The summed E-state index contributed by atoms with van der Waals surface area (Å²) in [6, 6.07) is 6.79. The molecule has 1 aromatic heterocycles. The number of pyridine rings is 1. The van der Waals surface area contributed by atoms with Crippen molar-refractivity contribution in [2.24, 2.45) is 0 Å². The van der Waals surface area contributed by atoms with E-state index >= 15 is 0 Å². The number of cyclic esters (lactones) is 1. The minimum atomic E-state index is -0.591. The molecule has 1 aromatic carbocycles. The predicted molar refractivity (Wildman–Crippen MR) is 99.6 cm³/mol. The van der Waals surface area contributed by atoms with Crippen LogP contribution in [0.4, 0.5) is 5.69 Å². The highest BCUT2D eigenvalue weighted by atomic mass is 32.2. The zero-order valence-electron chi connectivity index (χ0n) is 15.0. The van der Waals surface area contributed by atoms with Crippen LogP contribution >= 0.6 is 11.8 Å². The number of benzene rings is 1. The summed E-state index contributed by atoms with van der Waals surface area (Å²) in [5.41, 5.74) is 0.944. The number of ether oxygens (including phenoxy) is 4. The lowest BCUT2D eigenvalue weighted by Gasteiger charge is -2.12. The molecule has 142 valence electrons. The molecule has 1 aliphatic heterocycles. The van der Waals surface area contributed by atoms with Gasteiger partial charge in [0.15, 0.2) is 16.9 Å². The molecule has 9 heteroatoms. The van der Waals surface area contributed by atoms with Crippen molar-refractivity contribution in [2.75, 3.05) is 32.4 Å². The lowest BCUT2D eigenvalue weighted by atomic mass is 10.1. The summed E-state index contributed by atoms with van der Waals surface area (Å²) in [5, 5.41) is 2.73. The average Bonchev–Trinajstić information content (AvgIpc) is 3.02. The van der Waals surface area contributed by atoms with E-state index in [-0.39, 0.29) is 11.7 Å². The highest BCUT2D eigenvalue weighted by molar-refractivity contribution is 8.00. The van der Waals surface area contributed by atoms with E-state index in [0.717, 1.165) is 0 Å². The maximum absolute atomic E-state index is 12.2. The number of nitrogens with one attached hydrogen (secondary N) is 1. The number of amides is 1. The van der Waals surface area contributed by atoms with Gasteiger partial charge in [0.05, 0.1) is 39.0 Å². The molecule has 1 N–H and O–H groups in total. The predicted octanol–water partition coefficient (Wildman–Crippen LogP) is 2.65. The van der Waals surface area contributed by atoms with Crippen LogP contribution in [0.5, 0.6) is 17.4 Å². The number of aromatic nitrogens is 1. The van der Waals surface area contributed by atoms with E-state index in [1.165, 1.54) is 39.3 Å². The summed E-state index contributed by atoms with van der Waals surface area (Å²) < 4.78 is 20.9. The van der Waals surface area contributed by atoms with Crippen molar-refractivity contribution in [1.82, 2.24) is 4.98 Å². The Bertz CT molecular complexity index is 856. The van der Waals surface area contributed by atoms with Gasteiger partial charge in [-0.3, -0.25) is 4.79 Å². The van der Waals surface area contributed by atoms with E-state index in [4.69, 9.17) is 18.9 Å². The van der Waals surface area contributed by atoms with Gasteiger partial charge in [0.2, 0.25) is 11.8 Å². The number of hydrogen-bond donors (Lipinski definition) is 1. The van der Waals surface area contributed by atoms with Gasteiger partial charge in [0.1, 0.15) is 5.56 Å². The van der Waals surface area contributed by atoms with Crippen molar-refractivity contribution in [3.05, 3.63) is 41.6 Å². The Morgan fingerprint density at radius 2 is 2.00 bits per heavy atom. The minimum Gasteiger partial charge on any atom is -0.493 e. The van der Waals surface area contributed by atoms with Gasteiger partial charge in [-0.25, -0.2) is 9.78 Å². The van der Waals surface area contributed by atoms with Crippen LogP contribution in [-0.2, 0) is 9.53 Å². The highest BCUT2D eigenvalue weighted by Gasteiger charge is 2.36. The first-order chi connectivity index (χ1) is 13.1. The SMILES string of the molecule is COc1ccc(NC(=O)CSC2OC(=O)c3c2ccc(OC)c3OC)cn1. The molecule has 0 spiro atoms. The number of fused-ring (bicyclic) bond motifs is 1. The number of carbonyl (C=O) groups is 2. The molecule has 1 amide bonds. The molecule has 2 aromatic rings. The van der Waals surface area contributed by atoms with Gasteiger partial charge < -0.3 is 24.3 Å². The summed E-state index contributed by atoms with van der Waals surface area (Å²) in [6.45, 7) is 0. The number of carbonyl (C=O) groups excluding carboxylic acids is 2. The highest BCUT2D eigenvalue weighted by Crippen LogP contribution is 2.45. The molecule has 0 aliphatic carbocycles. The van der Waals surface area contributed by atoms with E-state index in [1.54, 1.807) is 24.3 Å². The zero-order valence-corrected chi connectivity index (χ0v) is 15.8. The molecule has 8 nitrogen and oxygen atoms in total. The Hall–Kier alpha value is -2.94. The topological polar surface area (TPSA) is 96.0 Å². The maximum Gasteiger partial charge on any atom is 0.344 e. The molecule has 27 heavy (non-hydrogen) atoms. The molecule has 0 radical (unpaired) electrons. The first-order valence-electron chi connectivity index (χ1n) is 7.94. The van der Waals surface area contributed by atoms with Crippen LogP contribution in [0.1, 0.15) is 21.4 Å². The number of anilines is 1. The molecule has 1 unspecified atom stereocenters. The van der Waals surface area contributed by atoms with Crippen LogP contribution in [0.3, 0.4) is 0 Å². The average molecular weight is 390 g/mol. The van der Waals surface area contributed by atoms with Crippen LogP contribution in [0.2, 0.25) is 0 Å². The van der Waals surface area contributed by atoms with Crippen molar-refractivity contribution in [3.8, 4) is 17.4 Å². The largest absolute Gasteiger partial charge is 0.493 e. The number of thioether (sulfide) groups is 1. The summed E-state index contributed by atoms with van der Waals surface area (Å²) >= 11 is 1.20. The van der Waals surface area contributed by atoms with Crippen LogP contribution < -0.4 is 19.5 Å². The number of esters is 1. The fourth-order valence-electron chi connectivity index (χ4n) is 2.62. The van der Waals surface area contributed by atoms with Crippen LogP contribution in [0.15, 0.2) is 30.5 Å². The normalized spacial score (nSPS) is 14.9. The van der Waals surface area contributed by atoms with Gasteiger partial charge >= 0.3 is 5.97 Å². The smallest absolute Gasteiger partial charge is 0.344 e. The van der Waals surface area contributed by atoms with E-state index in [1.807, 2.05) is 0 Å². The molecular weight excluding hydrogens is 372 g/mol. The fourth-order valence-corrected chi connectivity index (χ4v) is 3.52. The number of methoxy groups -OCH3 is 3. The number of hydrogen-bond acceptors (Lipinski definition) is 8. The Balaban J connectivity index is 1.66. The van der Waals surface area contributed by atoms with Gasteiger partial charge in [-0.1, -0.05) is 0 Å². The second kappa shape index (κ2) is 8.17. The van der Waals surface area contributed by atoms with Gasteiger partial charge in [0.25, 0.3) is 0 Å². The Kier molecular flexibility index (Phi) is 5.70. The first-order valence-corrected chi connectivity index (χ1v) is 8.99. The second-order valence-electron chi connectivity index (χ2n) is 5.45. The standard InChI is InChI=1S/C18H18N2O6S/c1-23-12-6-5-11-15(16(12)25-3)17(22)26-18(11)27-9-13(21)20-10-4-7-14(24-2)19-8-10/h4-8,18H,9H2,1-3H3,(H,20,21). The van der Waals surface area contributed by atoms with Gasteiger partial charge in [-0.2, -0.15) is 0 Å². The van der Waals surface area contributed by atoms with Gasteiger partial charge in [0, 0.05) is 11.6 Å². The van der Waals surface area contributed by atoms with E-state index < -0.39 is 11.4 Å². The first kappa shape index (κ1) is 18.8. The fraction of sp³-hybridized carbons (Fsp3) is 0.278. The van der Waals surface area contributed by atoms with Crippen molar-refractivity contribution < 1.29 is 28.5 Å². The number of rotatable bonds is 7. The van der Waals surface area contributed by atoms with Crippen molar-refractivity contribution in [1.29, 1.82) is 0 Å². The molecule has 0 fully saturated rings. The maximum atomic E-state index is 12.2. The van der Waals surface area contributed by atoms with Crippen LogP contribution in [0.25, 0.3) is 0 Å². The monoisotopic (exact) mass is 390 g/mol. The molecular formula is C18H18N2O6S. The minimum absolute atomic E-state index is 0.0950. The summed E-state index contributed by atoms with van der Waals surface area (Å²) in [5.74, 6) is 0.592. The lowest BCUT2D eigenvalue weighted by Crippen LogP contribution is -2.15. The summed E-state index contributed by atoms with van der Waals surface area (Å²) in [4.78, 5) is 28.4. The third-order valence-corrected chi connectivity index (χ3v) is 4.93. The number of nitrogens with zero attached hydrogens (tertiary/aromatic N) is 1. The van der Waals surface area contributed by atoms with Crippen molar-refractivity contribution in [3.63, 3.8) is 0 Å². The Morgan fingerprint density at radius 3 is 2.63 bits per heavy atom. The Labute approximate surface area is 160 Å². The lowest BCUT2D eigenvalue weighted by molar-refractivity contribution is -0.113. The second-order valence-corrected chi connectivity index (χ2v) is 6.50. The zero-order chi connectivity index (χ0) is 19.4. The van der Waals surface area contributed by atoms with Crippen molar-refractivity contribution in [2.45, 2.75) is 5.44 Å². The molecule has 0 bridgehead atoms. The van der Waals surface area contributed by atoms with E-state index in [0.29, 0.717) is 34.2 Å². The van der Waals surface area contributed by atoms with Gasteiger partial charge in [-0.15, -0.1) is 11.8 Å². The molecule has 0 saturated heterocycles. The molecule has 3 rings (SSSR count). The van der Waals surface area contributed by atoms with E-state index in [9.17, 15) is 9.59 Å². The van der Waals surface area contributed by atoms with Crippen LogP contribution in [0, 0.1) is 0 Å². The van der Waals surface area contributed by atoms with E-state index in [2.05, 4.69) is 10.3 Å². The third kappa shape index (κ3) is 3.92. The van der Waals surface area contributed by atoms with Gasteiger partial charge in [-0.05, 0) is 18.2 Å². The molecule has 1 atom stereocenters. The summed E-state index contributed by atoms with van der Waals surface area (Å²) in [7, 11) is 4.47.